The molecule has 1 fully saturated rings. The Morgan fingerprint density at radius 1 is 1.44 bits per heavy atom. The van der Waals surface area contributed by atoms with Crippen LogP contribution < -0.4 is 0 Å². The van der Waals surface area contributed by atoms with Crippen LogP contribution in [0.25, 0.3) is 0 Å². The molecular formula is C8H15O. The lowest BCUT2D eigenvalue weighted by Crippen LogP contribution is -2.19. The molecule has 1 nitrogen and oxygen atoms in total. The highest BCUT2D eigenvalue weighted by Gasteiger charge is 2.16. The second kappa shape index (κ2) is 3.21. The van der Waals surface area contributed by atoms with Crippen LogP contribution in [0.2, 0.25) is 0 Å². The van der Waals surface area contributed by atoms with Crippen LogP contribution >= 0.6 is 0 Å². The van der Waals surface area contributed by atoms with Crippen molar-refractivity contribution in [2.45, 2.75) is 32.3 Å². The van der Waals surface area contributed by atoms with Crippen molar-refractivity contribution in [3.63, 3.8) is 0 Å². The molecule has 2 atom stereocenters. The first kappa shape index (κ1) is 7.07. The summed E-state index contributed by atoms with van der Waals surface area (Å²) in [4.78, 5) is 0. The molecular weight excluding hydrogens is 112 g/mol. The van der Waals surface area contributed by atoms with Crippen molar-refractivity contribution in [2.24, 2.45) is 5.92 Å². The van der Waals surface area contributed by atoms with E-state index in [0.717, 1.165) is 5.92 Å². The van der Waals surface area contributed by atoms with Crippen LogP contribution in [-0.4, -0.2) is 13.2 Å². The summed E-state index contributed by atoms with van der Waals surface area (Å²) in [6.45, 7) is 2.29. The van der Waals surface area contributed by atoms with Crippen LogP contribution in [0.15, 0.2) is 0 Å². The number of hydrogen-bond acceptors (Lipinski definition) is 1. The van der Waals surface area contributed by atoms with Gasteiger partial charge in [0.05, 0.1) is 6.10 Å². The quantitative estimate of drug-likeness (QED) is 0.523. The highest BCUT2D eigenvalue weighted by atomic mass is 16.5. The van der Waals surface area contributed by atoms with Crippen LogP contribution in [-0.2, 0) is 4.74 Å². The molecule has 0 spiro atoms. The van der Waals surface area contributed by atoms with Gasteiger partial charge in [-0.3, -0.25) is 0 Å². The zero-order valence-corrected chi connectivity index (χ0v) is 6.26. The van der Waals surface area contributed by atoms with Crippen LogP contribution in [0.3, 0.4) is 0 Å². The highest BCUT2D eigenvalue weighted by Crippen LogP contribution is 2.23. The summed E-state index contributed by atoms with van der Waals surface area (Å²) in [7, 11) is 1.79. The summed E-state index contributed by atoms with van der Waals surface area (Å²) in [5.74, 6) is 0.886. The monoisotopic (exact) mass is 127 g/mol. The van der Waals surface area contributed by atoms with E-state index in [-0.39, 0.29) is 0 Å². The maximum Gasteiger partial charge on any atom is 0.0603 e. The van der Waals surface area contributed by atoms with E-state index in [1.54, 1.807) is 7.11 Å². The fourth-order valence-corrected chi connectivity index (χ4v) is 1.28. The van der Waals surface area contributed by atoms with Gasteiger partial charge in [-0.25, -0.2) is 0 Å². The van der Waals surface area contributed by atoms with Crippen molar-refractivity contribution < 1.29 is 4.74 Å². The maximum atomic E-state index is 5.18. The zero-order valence-electron chi connectivity index (χ0n) is 6.26. The fourth-order valence-electron chi connectivity index (χ4n) is 1.28. The lowest BCUT2D eigenvalue weighted by Gasteiger charge is -2.24. The normalized spacial score (nSPS) is 36.7. The van der Waals surface area contributed by atoms with Crippen molar-refractivity contribution in [3.8, 4) is 0 Å². The number of hydrogen-bond donors (Lipinski definition) is 0. The topological polar surface area (TPSA) is 9.23 Å². The van der Waals surface area contributed by atoms with Crippen LogP contribution in [0.1, 0.15) is 26.2 Å². The van der Waals surface area contributed by atoms with E-state index in [1.165, 1.54) is 19.3 Å². The molecule has 2 unspecified atom stereocenters. The Kier molecular flexibility index (Phi) is 2.52. The molecule has 0 saturated heterocycles. The Bertz CT molecular complexity index is 72.6. The zero-order chi connectivity index (χ0) is 6.69. The third-order valence-corrected chi connectivity index (χ3v) is 2.05. The summed E-state index contributed by atoms with van der Waals surface area (Å²) in [5, 5.41) is 0. The van der Waals surface area contributed by atoms with Crippen LogP contribution in [0.5, 0.6) is 0 Å². The molecule has 1 aliphatic rings. The Balaban J connectivity index is 2.18. The first-order valence-electron chi connectivity index (χ1n) is 3.69. The Labute approximate surface area is 57.4 Å². The fraction of sp³-hybridized carbons (Fsp3) is 0.875. The van der Waals surface area contributed by atoms with Crippen molar-refractivity contribution in [2.75, 3.05) is 7.11 Å². The summed E-state index contributed by atoms with van der Waals surface area (Å²) < 4.78 is 5.18. The van der Waals surface area contributed by atoms with Crippen LogP contribution in [0.4, 0.5) is 0 Å². The number of ether oxygens (including phenoxy) is 1. The molecule has 0 N–H and O–H groups in total. The average Bonchev–Trinajstić information content (AvgIpc) is 1.90. The molecule has 1 heteroatoms. The maximum absolute atomic E-state index is 5.18. The minimum Gasteiger partial charge on any atom is -0.381 e. The summed E-state index contributed by atoms with van der Waals surface area (Å²) >= 11 is 0. The molecule has 0 aliphatic heterocycles. The van der Waals surface area contributed by atoms with E-state index in [9.17, 15) is 0 Å². The van der Waals surface area contributed by atoms with Gasteiger partial charge in [0.15, 0.2) is 0 Å². The molecule has 0 aromatic rings. The standard InChI is InChI=1S/C8H15O/c1-7-3-5-8(9-2)6-4-7/h5,7-8H,3-4,6H2,1-2H3. The van der Waals surface area contributed by atoms with Crippen molar-refractivity contribution in [1.29, 1.82) is 0 Å². The SMILES string of the molecule is COC1[CH]CC(C)CC1. The first-order valence-corrected chi connectivity index (χ1v) is 3.69. The molecule has 0 bridgehead atoms. The molecule has 1 aliphatic carbocycles. The van der Waals surface area contributed by atoms with Crippen molar-refractivity contribution in [1.82, 2.24) is 0 Å². The third kappa shape index (κ3) is 1.98. The van der Waals surface area contributed by atoms with Gasteiger partial charge in [0, 0.05) is 7.11 Å². The van der Waals surface area contributed by atoms with E-state index in [4.69, 9.17) is 4.74 Å². The molecule has 0 heterocycles. The predicted octanol–water partition coefficient (Wildman–Crippen LogP) is 2.03. The van der Waals surface area contributed by atoms with Gasteiger partial charge in [-0.05, 0) is 31.6 Å². The van der Waals surface area contributed by atoms with E-state index < -0.39 is 0 Å². The lowest BCUT2D eigenvalue weighted by atomic mass is 9.89. The van der Waals surface area contributed by atoms with E-state index >= 15 is 0 Å². The largest absolute Gasteiger partial charge is 0.381 e. The molecule has 1 rings (SSSR count). The summed E-state index contributed by atoms with van der Waals surface area (Å²) in [6, 6.07) is 0. The van der Waals surface area contributed by atoms with Gasteiger partial charge in [0.25, 0.3) is 0 Å². The minimum absolute atomic E-state index is 0.446. The molecule has 0 aromatic heterocycles. The molecule has 9 heavy (non-hydrogen) atoms. The Hall–Kier alpha value is -0.0400. The number of methoxy groups -OCH3 is 1. The Morgan fingerprint density at radius 2 is 2.22 bits per heavy atom. The average molecular weight is 127 g/mol. The van der Waals surface area contributed by atoms with Crippen LogP contribution in [0, 0.1) is 12.3 Å². The molecule has 53 valence electrons. The van der Waals surface area contributed by atoms with Gasteiger partial charge < -0.3 is 4.74 Å². The predicted molar refractivity (Wildman–Crippen MR) is 38.1 cm³/mol. The molecule has 1 saturated carbocycles. The van der Waals surface area contributed by atoms with Gasteiger partial charge >= 0.3 is 0 Å². The van der Waals surface area contributed by atoms with Crippen molar-refractivity contribution >= 4 is 0 Å². The first-order chi connectivity index (χ1) is 4.33. The van der Waals surface area contributed by atoms with Gasteiger partial charge in [-0.2, -0.15) is 0 Å². The molecule has 0 amide bonds. The number of rotatable bonds is 1. The Morgan fingerprint density at radius 3 is 2.67 bits per heavy atom. The smallest absolute Gasteiger partial charge is 0.0603 e. The molecule has 0 aromatic carbocycles. The van der Waals surface area contributed by atoms with Crippen molar-refractivity contribution in [3.05, 3.63) is 6.42 Å². The van der Waals surface area contributed by atoms with E-state index in [2.05, 4.69) is 13.3 Å². The van der Waals surface area contributed by atoms with Gasteiger partial charge in [0.1, 0.15) is 0 Å². The molecule has 1 radical (unpaired) electrons. The van der Waals surface area contributed by atoms with Gasteiger partial charge in [-0.1, -0.05) is 6.92 Å². The second-order valence-electron chi connectivity index (χ2n) is 2.93. The second-order valence-corrected chi connectivity index (χ2v) is 2.93. The highest BCUT2D eigenvalue weighted by molar-refractivity contribution is 4.84. The van der Waals surface area contributed by atoms with E-state index in [1.807, 2.05) is 0 Å². The van der Waals surface area contributed by atoms with E-state index in [0.29, 0.717) is 6.10 Å². The third-order valence-electron chi connectivity index (χ3n) is 2.05. The summed E-state index contributed by atoms with van der Waals surface area (Å²) in [5.41, 5.74) is 0. The minimum atomic E-state index is 0.446. The summed E-state index contributed by atoms with van der Waals surface area (Å²) in [6.07, 6.45) is 6.51. The van der Waals surface area contributed by atoms with Gasteiger partial charge in [-0.15, -0.1) is 0 Å². The van der Waals surface area contributed by atoms with Gasteiger partial charge in [0.2, 0.25) is 0 Å². The lowest BCUT2D eigenvalue weighted by molar-refractivity contribution is 0.0960.